The van der Waals surface area contributed by atoms with Crippen LogP contribution < -0.4 is 21.7 Å². The molecule has 0 amide bonds. The fourth-order valence-corrected chi connectivity index (χ4v) is 1.48. The number of hydrogen-bond acceptors (Lipinski definition) is 7. The van der Waals surface area contributed by atoms with E-state index in [1.807, 2.05) is 0 Å². The summed E-state index contributed by atoms with van der Waals surface area (Å²) in [7, 11) is 0. The molecular weight excluding hydrogens is 252 g/mol. The van der Waals surface area contributed by atoms with Crippen molar-refractivity contribution >= 4 is 28.3 Å². The molecule has 2 rings (SSSR count). The fourth-order valence-electron chi connectivity index (χ4n) is 1.48. The van der Waals surface area contributed by atoms with E-state index in [-0.39, 0.29) is 11.2 Å². The molecule has 1 heterocycles. The number of hydrogen-bond donors (Lipinski definition) is 2. The summed E-state index contributed by atoms with van der Waals surface area (Å²) < 4.78 is 0. The maximum Gasteiger partial charge on any atom is 0.400 e. The summed E-state index contributed by atoms with van der Waals surface area (Å²) in [5.74, 6) is 3.40. The fraction of sp³-hybridized carbons (Fsp3) is 0.0909. The predicted octanol–water partition coefficient (Wildman–Crippen LogP) is -0.774. The third kappa shape index (κ3) is 2.29. The van der Waals surface area contributed by atoms with Crippen LogP contribution in [0.1, 0.15) is 6.92 Å². The molecule has 1 aromatic heterocycles. The first-order valence-electron chi connectivity index (χ1n) is 5.26. The molecule has 0 bridgehead atoms. The lowest BCUT2D eigenvalue weighted by Gasteiger charge is -2.08. The third-order valence-electron chi connectivity index (χ3n) is 2.37. The Kier molecular flexibility index (Phi) is 3.25. The maximum absolute atomic E-state index is 12.0. The Morgan fingerprint density at radius 2 is 1.95 bits per heavy atom. The van der Waals surface area contributed by atoms with Gasteiger partial charge in [0.25, 0.3) is 0 Å². The van der Waals surface area contributed by atoms with Crippen molar-refractivity contribution in [1.29, 1.82) is 0 Å². The number of benzene rings is 1. The Morgan fingerprint density at radius 1 is 1.32 bits per heavy atom. The van der Waals surface area contributed by atoms with Gasteiger partial charge in [-0.2, -0.15) is 0 Å². The number of hydrazine groups is 1. The minimum Gasteiger partial charge on any atom is -0.307 e. The van der Waals surface area contributed by atoms with Crippen LogP contribution in [0.5, 0.6) is 0 Å². The van der Waals surface area contributed by atoms with Gasteiger partial charge in [0.1, 0.15) is 0 Å². The van der Waals surface area contributed by atoms with Crippen LogP contribution >= 0.6 is 0 Å². The first-order valence-corrected chi connectivity index (χ1v) is 5.26. The van der Waals surface area contributed by atoms with E-state index < -0.39 is 17.3 Å². The van der Waals surface area contributed by atoms with E-state index in [2.05, 4.69) is 15.4 Å². The summed E-state index contributed by atoms with van der Waals surface area (Å²) in [5.41, 5.74) is 1.63. The van der Waals surface area contributed by atoms with E-state index in [4.69, 9.17) is 5.84 Å². The van der Waals surface area contributed by atoms with Crippen molar-refractivity contribution in [2.75, 3.05) is 5.43 Å². The average molecular weight is 262 g/mol. The van der Waals surface area contributed by atoms with Gasteiger partial charge in [-0.25, -0.2) is 10.6 Å². The highest BCUT2D eigenvalue weighted by Gasteiger charge is 2.15. The summed E-state index contributed by atoms with van der Waals surface area (Å²) in [6, 6.07) is 6.51. The van der Waals surface area contributed by atoms with E-state index in [0.29, 0.717) is 10.2 Å². The zero-order valence-corrected chi connectivity index (χ0v) is 9.91. The largest absolute Gasteiger partial charge is 0.400 e. The third-order valence-corrected chi connectivity index (χ3v) is 2.37. The molecule has 98 valence electrons. The van der Waals surface area contributed by atoms with Crippen LogP contribution in [0.3, 0.4) is 0 Å². The van der Waals surface area contributed by atoms with Gasteiger partial charge in [-0.15, -0.1) is 5.10 Å². The number of Topliss-reactive ketones (excluding diaryl/α,β-unsaturated/α-hetero) is 1. The number of aromatic nitrogens is 2. The van der Waals surface area contributed by atoms with Gasteiger partial charge in [-0.05, 0) is 10.9 Å². The zero-order valence-electron chi connectivity index (χ0n) is 9.91. The van der Waals surface area contributed by atoms with Crippen molar-refractivity contribution in [1.82, 2.24) is 9.94 Å². The first-order chi connectivity index (χ1) is 9.04. The van der Waals surface area contributed by atoms with Crippen LogP contribution in [0.15, 0.2) is 29.1 Å². The first kappa shape index (κ1) is 12.7. The van der Waals surface area contributed by atoms with Gasteiger partial charge in [0, 0.05) is 12.3 Å². The summed E-state index contributed by atoms with van der Waals surface area (Å²) >= 11 is 0. The molecular formula is C11H10N4O4. The maximum atomic E-state index is 12.0. The van der Waals surface area contributed by atoms with Gasteiger partial charge in [-0.3, -0.25) is 9.59 Å². The van der Waals surface area contributed by atoms with Crippen molar-refractivity contribution < 1.29 is 14.4 Å². The number of carbonyl (C=O) groups is 2. The van der Waals surface area contributed by atoms with Gasteiger partial charge in [0.2, 0.25) is 5.78 Å². The topological polar surface area (TPSA) is 116 Å². The number of fused-ring (bicyclic) bond motifs is 1. The summed E-state index contributed by atoms with van der Waals surface area (Å²) in [5, 5.41) is 4.44. The van der Waals surface area contributed by atoms with Gasteiger partial charge in [0.05, 0.1) is 5.39 Å². The smallest absolute Gasteiger partial charge is 0.307 e. The van der Waals surface area contributed by atoms with Crippen LogP contribution in [0.25, 0.3) is 10.8 Å². The Labute approximate surface area is 106 Å². The highest BCUT2D eigenvalue weighted by atomic mass is 16.7. The van der Waals surface area contributed by atoms with E-state index in [0.717, 1.165) is 6.92 Å². The van der Waals surface area contributed by atoms with E-state index in [1.165, 1.54) is 6.07 Å². The van der Waals surface area contributed by atoms with E-state index >= 15 is 0 Å². The molecule has 0 saturated heterocycles. The molecule has 0 unspecified atom stereocenters. The molecule has 0 aliphatic carbocycles. The number of nitrogen functional groups attached to an aromatic ring is 1. The zero-order chi connectivity index (χ0) is 14.0. The van der Waals surface area contributed by atoms with Gasteiger partial charge >= 0.3 is 11.5 Å². The minimum atomic E-state index is -1.19. The van der Waals surface area contributed by atoms with Crippen molar-refractivity contribution in [2.45, 2.75) is 6.92 Å². The number of carbonyl (C=O) groups excluding carboxylic acids is 2. The van der Waals surface area contributed by atoms with E-state index in [1.54, 1.807) is 18.2 Å². The second-order valence-electron chi connectivity index (χ2n) is 3.65. The molecule has 0 radical (unpaired) electrons. The quantitative estimate of drug-likeness (QED) is 0.423. The average Bonchev–Trinajstić information content (AvgIpc) is 2.41. The van der Waals surface area contributed by atoms with Gasteiger partial charge < -0.3 is 10.3 Å². The molecule has 3 N–H and O–H groups in total. The van der Waals surface area contributed by atoms with Crippen molar-refractivity contribution in [2.24, 2.45) is 5.84 Å². The molecule has 1 aromatic carbocycles. The highest BCUT2D eigenvalue weighted by Crippen LogP contribution is 2.15. The monoisotopic (exact) mass is 262 g/mol. The minimum absolute atomic E-state index is 0.145. The second-order valence-corrected chi connectivity index (χ2v) is 3.65. The van der Waals surface area contributed by atoms with Crippen molar-refractivity contribution in [3.63, 3.8) is 0 Å². The second kappa shape index (κ2) is 4.86. The van der Waals surface area contributed by atoms with Gasteiger partial charge in [-0.1, -0.05) is 18.2 Å². The van der Waals surface area contributed by atoms with Gasteiger partial charge in [0.15, 0.2) is 5.82 Å². The number of nitrogens with one attached hydrogen (secondary N) is 1. The highest BCUT2D eigenvalue weighted by molar-refractivity contribution is 6.32. The lowest BCUT2D eigenvalue weighted by molar-refractivity contribution is -0.154. The molecule has 0 fully saturated rings. The molecule has 0 saturated carbocycles. The molecule has 19 heavy (non-hydrogen) atoms. The number of ketones is 1. The predicted molar refractivity (Wildman–Crippen MR) is 66.1 cm³/mol. The molecule has 0 spiro atoms. The SMILES string of the molecule is CC(=O)C(=O)On1nc(NN)c2ccccc2c1=O. The molecule has 0 atom stereocenters. The Bertz CT molecular complexity index is 722. The number of rotatable bonds is 3. The number of nitrogens with zero attached hydrogens (tertiary/aromatic N) is 2. The summed E-state index contributed by atoms with van der Waals surface area (Å²) in [4.78, 5) is 39.0. The van der Waals surface area contributed by atoms with E-state index in [9.17, 15) is 14.4 Å². The van der Waals surface area contributed by atoms with Crippen LogP contribution in [-0.2, 0) is 9.59 Å². The Hall–Kier alpha value is -2.74. The summed E-state index contributed by atoms with van der Waals surface area (Å²) in [6.07, 6.45) is 0. The molecule has 8 nitrogen and oxygen atoms in total. The Morgan fingerprint density at radius 3 is 2.53 bits per heavy atom. The van der Waals surface area contributed by atoms with Crippen molar-refractivity contribution in [3.05, 3.63) is 34.6 Å². The van der Waals surface area contributed by atoms with Crippen LogP contribution in [0, 0.1) is 0 Å². The molecule has 8 heteroatoms. The molecule has 0 aliphatic heterocycles. The van der Waals surface area contributed by atoms with Crippen LogP contribution in [-0.4, -0.2) is 21.7 Å². The van der Waals surface area contributed by atoms with Crippen LogP contribution in [0.4, 0.5) is 5.82 Å². The lowest BCUT2D eigenvalue weighted by atomic mass is 10.2. The Balaban J connectivity index is 2.63. The normalized spacial score (nSPS) is 10.2. The van der Waals surface area contributed by atoms with Crippen LogP contribution in [0.2, 0.25) is 0 Å². The number of nitrogens with two attached hydrogens (primary N) is 1. The van der Waals surface area contributed by atoms with Crippen molar-refractivity contribution in [3.8, 4) is 0 Å². The summed E-state index contributed by atoms with van der Waals surface area (Å²) in [6.45, 7) is 1.02. The molecule has 0 aliphatic rings. The number of anilines is 1. The molecule has 2 aromatic rings. The lowest BCUT2D eigenvalue weighted by Crippen LogP contribution is -2.36. The standard InChI is InChI=1S/C11H10N4O4/c1-6(16)11(18)19-15-10(17)8-5-3-2-4-7(8)9(13-12)14-15/h2-5H,12H2,1H3,(H,13,14).